The van der Waals surface area contributed by atoms with Gasteiger partial charge in [-0.15, -0.1) is 0 Å². The smallest absolute Gasteiger partial charge is 0.349 e. The quantitative estimate of drug-likeness (QED) is 0.136. The molecule has 0 bridgehead atoms. The van der Waals surface area contributed by atoms with Crippen LogP contribution in [0, 0.1) is 28.8 Å². The standard InChI is InChI=1S/C27H20F3NO2/c1-2-3-4-5-16-6-10-20-17(12-16)8-11-21-22(20)14-24(29)25(26(21)30)27(32)33-19-9-7-18(15-31)23(28)13-19/h6-14H,2-5H2,1H3. The van der Waals surface area contributed by atoms with E-state index >= 15 is 4.39 Å². The second kappa shape index (κ2) is 9.33. The minimum Gasteiger partial charge on any atom is -0.423 e. The minimum atomic E-state index is -1.29. The van der Waals surface area contributed by atoms with Gasteiger partial charge in [-0.1, -0.05) is 50.1 Å². The van der Waals surface area contributed by atoms with Crippen molar-refractivity contribution in [2.45, 2.75) is 32.6 Å². The molecule has 0 aliphatic carbocycles. The van der Waals surface area contributed by atoms with Gasteiger partial charge in [0.1, 0.15) is 34.8 Å². The molecule has 0 fully saturated rings. The molecule has 0 aromatic heterocycles. The van der Waals surface area contributed by atoms with Gasteiger partial charge in [-0.05, 0) is 52.8 Å². The van der Waals surface area contributed by atoms with E-state index in [1.54, 1.807) is 12.1 Å². The second-order valence-electron chi connectivity index (χ2n) is 7.86. The second-order valence-corrected chi connectivity index (χ2v) is 7.86. The first-order chi connectivity index (χ1) is 15.9. The first-order valence-electron chi connectivity index (χ1n) is 10.7. The van der Waals surface area contributed by atoms with Gasteiger partial charge in [-0.2, -0.15) is 5.26 Å². The van der Waals surface area contributed by atoms with Crippen LogP contribution in [0.2, 0.25) is 0 Å². The molecule has 6 heteroatoms. The highest BCUT2D eigenvalue weighted by Gasteiger charge is 2.23. The van der Waals surface area contributed by atoms with Crippen LogP contribution < -0.4 is 4.74 Å². The molecule has 0 atom stereocenters. The number of carbonyl (C=O) groups is 1. The Morgan fingerprint density at radius 3 is 2.42 bits per heavy atom. The lowest BCUT2D eigenvalue weighted by atomic mass is 9.96. The largest absolute Gasteiger partial charge is 0.423 e. The number of nitriles is 1. The number of carbonyl (C=O) groups excluding carboxylic acids is 1. The normalized spacial score (nSPS) is 11.0. The zero-order chi connectivity index (χ0) is 23.5. The Labute approximate surface area is 189 Å². The number of fused-ring (bicyclic) bond motifs is 3. The summed E-state index contributed by atoms with van der Waals surface area (Å²) in [4.78, 5) is 12.5. The third kappa shape index (κ3) is 4.40. The minimum absolute atomic E-state index is 0.0839. The Hall–Kier alpha value is -3.85. The Kier molecular flexibility index (Phi) is 6.32. The molecule has 0 saturated carbocycles. The number of hydrogen-bond donors (Lipinski definition) is 0. The summed E-state index contributed by atoms with van der Waals surface area (Å²) in [7, 11) is 0. The number of ether oxygens (including phenoxy) is 1. The Morgan fingerprint density at radius 1 is 0.909 bits per heavy atom. The van der Waals surface area contributed by atoms with E-state index in [2.05, 4.69) is 6.92 Å². The summed E-state index contributed by atoms with van der Waals surface area (Å²) >= 11 is 0. The molecule has 4 aromatic rings. The molecular weight excluding hydrogens is 427 g/mol. The topological polar surface area (TPSA) is 50.1 Å². The van der Waals surface area contributed by atoms with Crippen molar-refractivity contribution in [1.82, 2.24) is 0 Å². The van der Waals surface area contributed by atoms with Crippen molar-refractivity contribution in [3.8, 4) is 11.8 Å². The van der Waals surface area contributed by atoms with E-state index in [1.807, 2.05) is 18.2 Å². The van der Waals surface area contributed by atoms with Crippen molar-refractivity contribution in [3.05, 3.63) is 88.7 Å². The van der Waals surface area contributed by atoms with Gasteiger partial charge in [0.2, 0.25) is 0 Å². The fourth-order valence-corrected chi connectivity index (χ4v) is 3.92. The van der Waals surface area contributed by atoms with Crippen molar-refractivity contribution >= 4 is 27.5 Å². The number of benzene rings is 4. The molecule has 0 heterocycles. The lowest BCUT2D eigenvalue weighted by Crippen LogP contribution is -2.14. The molecule has 0 radical (unpaired) electrons. The van der Waals surface area contributed by atoms with E-state index in [9.17, 15) is 13.6 Å². The predicted octanol–water partition coefficient (Wildman–Crippen LogP) is 7.23. The van der Waals surface area contributed by atoms with Crippen molar-refractivity contribution in [1.29, 1.82) is 5.26 Å². The summed E-state index contributed by atoms with van der Waals surface area (Å²) in [6.45, 7) is 2.14. The highest BCUT2D eigenvalue weighted by atomic mass is 19.1. The summed E-state index contributed by atoms with van der Waals surface area (Å²) in [5, 5.41) is 10.8. The molecule has 0 amide bonds. The molecule has 3 nitrogen and oxygen atoms in total. The van der Waals surface area contributed by atoms with Crippen molar-refractivity contribution in [2.24, 2.45) is 0 Å². The SMILES string of the molecule is CCCCCc1ccc2c(ccc3c(F)c(C(=O)Oc4ccc(C#N)c(F)c4)c(F)cc32)c1. The van der Waals surface area contributed by atoms with Gasteiger partial charge in [0, 0.05) is 11.5 Å². The molecule has 0 unspecified atom stereocenters. The maximum atomic E-state index is 15.2. The average Bonchev–Trinajstić information content (AvgIpc) is 2.79. The Bertz CT molecular complexity index is 1420. The molecule has 0 spiro atoms. The van der Waals surface area contributed by atoms with Crippen molar-refractivity contribution < 1.29 is 22.7 Å². The van der Waals surface area contributed by atoms with Crippen LogP contribution in [0.4, 0.5) is 13.2 Å². The lowest BCUT2D eigenvalue weighted by molar-refractivity contribution is 0.0724. The highest BCUT2D eigenvalue weighted by Crippen LogP contribution is 2.32. The Balaban J connectivity index is 1.71. The van der Waals surface area contributed by atoms with E-state index in [0.717, 1.165) is 54.8 Å². The molecule has 4 rings (SSSR count). The zero-order valence-electron chi connectivity index (χ0n) is 17.9. The molecule has 0 saturated heterocycles. The zero-order valence-corrected chi connectivity index (χ0v) is 17.9. The summed E-state index contributed by atoms with van der Waals surface area (Å²) in [5.41, 5.74) is 0.0622. The van der Waals surface area contributed by atoms with Crippen LogP contribution in [-0.4, -0.2) is 5.97 Å². The van der Waals surface area contributed by atoms with Gasteiger partial charge < -0.3 is 4.74 Å². The number of rotatable bonds is 6. The Morgan fingerprint density at radius 2 is 1.70 bits per heavy atom. The number of nitrogens with zero attached hydrogens (tertiary/aromatic N) is 1. The van der Waals surface area contributed by atoms with E-state index in [4.69, 9.17) is 10.00 Å². The van der Waals surface area contributed by atoms with E-state index < -0.39 is 29.0 Å². The van der Waals surface area contributed by atoms with E-state index in [-0.39, 0.29) is 16.7 Å². The van der Waals surface area contributed by atoms with Crippen molar-refractivity contribution in [2.75, 3.05) is 0 Å². The predicted molar refractivity (Wildman–Crippen MR) is 121 cm³/mol. The molecule has 33 heavy (non-hydrogen) atoms. The summed E-state index contributed by atoms with van der Waals surface area (Å²) in [5.74, 6) is -4.56. The van der Waals surface area contributed by atoms with Gasteiger partial charge >= 0.3 is 5.97 Å². The van der Waals surface area contributed by atoms with Crippen LogP contribution in [0.25, 0.3) is 21.5 Å². The highest BCUT2D eigenvalue weighted by molar-refractivity contribution is 6.10. The van der Waals surface area contributed by atoms with Gasteiger partial charge in [0.15, 0.2) is 0 Å². The van der Waals surface area contributed by atoms with Crippen molar-refractivity contribution in [3.63, 3.8) is 0 Å². The van der Waals surface area contributed by atoms with Crippen LogP contribution in [0.3, 0.4) is 0 Å². The fourth-order valence-electron chi connectivity index (χ4n) is 3.92. The van der Waals surface area contributed by atoms with Crippen LogP contribution in [0.5, 0.6) is 5.75 Å². The van der Waals surface area contributed by atoms with Gasteiger partial charge in [-0.3, -0.25) is 0 Å². The molecule has 0 N–H and O–H groups in total. The van der Waals surface area contributed by atoms with E-state index in [1.165, 1.54) is 12.1 Å². The molecule has 0 aliphatic heterocycles. The first kappa shape index (κ1) is 22.3. The third-order valence-electron chi connectivity index (χ3n) is 5.64. The van der Waals surface area contributed by atoms with Gasteiger partial charge in [0.25, 0.3) is 0 Å². The molecule has 0 aliphatic rings. The van der Waals surface area contributed by atoms with Crippen LogP contribution in [0.1, 0.15) is 47.7 Å². The summed E-state index contributed by atoms with van der Waals surface area (Å²) < 4.78 is 48.9. The summed E-state index contributed by atoms with van der Waals surface area (Å²) in [6, 6.07) is 14.9. The maximum Gasteiger partial charge on any atom is 0.349 e. The molecular formula is C27H20F3NO2. The number of halogens is 3. The number of hydrogen-bond acceptors (Lipinski definition) is 3. The van der Waals surface area contributed by atoms with Gasteiger partial charge in [-0.25, -0.2) is 18.0 Å². The van der Waals surface area contributed by atoms with Gasteiger partial charge in [0.05, 0.1) is 5.56 Å². The molecule has 166 valence electrons. The fraction of sp³-hybridized carbons (Fsp3) is 0.185. The first-order valence-corrected chi connectivity index (χ1v) is 10.7. The maximum absolute atomic E-state index is 15.2. The van der Waals surface area contributed by atoms with Crippen LogP contribution >= 0.6 is 0 Å². The molecule has 4 aromatic carbocycles. The van der Waals surface area contributed by atoms with Crippen LogP contribution in [0.15, 0.2) is 54.6 Å². The number of unbranched alkanes of at least 4 members (excludes halogenated alkanes) is 2. The summed E-state index contributed by atoms with van der Waals surface area (Å²) in [6.07, 6.45) is 4.28. The number of esters is 1. The number of aryl methyl sites for hydroxylation is 1. The van der Waals surface area contributed by atoms with E-state index in [0.29, 0.717) is 10.8 Å². The third-order valence-corrected chi connectivity index (χ3v) is 5.64. The van der Waals surface area contributed by atoms with Crippen LogP contribution in [-0.2, 0) is 6.42 Å². The average molecular weight is 447 g/mol. The monoisotopic (exact) mass is 447 g/mol. The lowest BCUT2D eigenvalue weighted by Gasteiger charge is -2.11.